The van der Waals surface area contributed by atoms with Gasteiger partial charge in [-0.2, -0.15) is 0 Å². The molecule has 2 nitrogen and oxygen atoms in total. The first kappa shape index (κ1) is 15.9. The van der Waals surface area contributed by atoms with Crippen molar-refractivity contribution in [1.29, 1.82) is 0 Å². The van der Waals surface area contributed by atoms with Gasteiger partial charge in [-0.15, -0.1) is 0 Å². The predicted molar refractivity (Wildman–Crippen MR) is 71.7 cm³/mol. The quantitative estimate of drug-likeness (QED) is 0.635. The highest BCUT2D eigenvalue weighted by Crippen LogP contribution is 2.16. The van der Waals surface area contributed by atoms with Crippen molar-refractivity contribution in [3.63, 3.8) is 0 Å². The average Bonchev–Trinajstić information content (AvgIpc) is 2.21. The van der Waals surface area contributed by atoms with E-state index in [0.717, 1.165) is 25.8 Å². The van der Waals surface area contributed by atoms with Crippen molar-refractivity contribution in [2.75, 3.05) is 6.54 Å². The Kier molecular flexibility index (Phi) is 8.04. The van der Waals surface area contributed by atoms with Crippen LogP contribution in [0.15, 0.2) is 0 Å². The monoisotopic (exact) mass is 229 g/mol. The van der Waals surface area contributed by atoms with Gasteiger partial charge in [-0.1, -0.05) is 34.1 Å². The average molecular weight is 229 g/mol. The van der Waals surface area contributed by atoms with Gasteiger partial charge in [0.05, 0.1) is 5.60 Å². The highest BCUT2D eigenvalue weighted by atomic mass is 16.3. The van der Waals surface area contributed by atoms with Gasteiger partial charge in [0.2, 0.25) is 0 Å². The van der Waals surface area contributed by atoms with Crippen molar-refractivity contribution in [2.45, 2.75) is 78.4 Å². The maximum absolute atomic E-state index is 10.2. The van der Waals surface area contributed by atoms with Gasteiger partial charge in [-0.3, -0.25) is 0 Å². The molecule has 0 saturated heterocycles. The molecule has 0 fully saturated rings. The second-order valence-electron chi connectivity index (χ2n) is 5.70. The molecule has 2 unspecified atom stereocenters. The second kappa shape index (κ2) is 8.08. The zero-order valence-electron chi connectivity index (χ0n) is 11.8. The number of hydrogen-bond acceptors (Lipinski definition) is 2. The van der Waals surface area contributed by atoms with E-state index in [1.54, 1.807) is 0 Å². The number of hydrogen-bond donors (Lipinski definition) is 2. The molecule has 16 heavy (non-hydrogen) atoms. The van der Waals surface area contributed by atoms with E-state index in [1.807, 2.05) is 6.92 Å². The van der Waals surface area contributed by atoms with Crippen LogP contribution >= 0.6 is 0 Å². The minimum absolute atomic E-state index is 0.550. The summed E-state index contributed by atoms with van der Waals surface area (Å²) < 4.78 is 0. The van der Waals surface area contributed by atoms with Crippen LogP contribution in [0, 0.1) is 5.92 Å². The van der Waals surface area contributed by atoms with Crippen LogP contribution in [0.3, 0.4) is 0 Å². The van der Waals surface area contributed by atoms with Gasteiger partial charge in [0, 0.05) is 12.6 Å². The summed E-state index contributed by atoms with van der Waals surface area (Å²) in [7, 11) is 0. The summed E-state index contributed by atoms with van der Waals surface area (Å²) in [4.78, 5) is 0. The van der Waals surface area contributed by atoms with Crippen LogP contribution in [0.4, 0.5) is 0 Å². The van der Waals surface area contributed by atoms with Crippen LogP contribution in [-0.4, -0.2) is 23.3 Å². The van der Waals surface area contributed by atoms with E-state index in [9.17, 15) is 5.11 Å². The zero-order chi connectivity index (χ0) is 12.6. The summed E-state index contributed by atoms with van der Waals surface area (Å²) in [5.41, 5.74) is -0.550. The van der Waals surface area contributed by atoms with E-state index in [2.05, 4.69) is 33.0 Å². The van der Waals surface area contributed by atoms with E-state index < -0.39 is 5.60 Å². The van der Waals surface area contributed by atoms with Crippen molar-refractivity contribution in [3.05, 3.63) is 0 Å². The molecular weight excluding hydrogens is 198 g/mol. The molecule has 98 valence electrons. The van der Waals surface area contributed by atoms with Gasteiger partial charge >= 0.3 is 0 Å². The first-order chi connectivity index (χ1) is 7.41. The lowest BCUT2D eigenvalue weighted by Gasteiger charge is -2.27. The molecule has 0 aliphatic heterocycles. The number of rotatable bonds is 9. The molecule has 0 saturated carbocycles. The van der Waals surface area contributed by atoms with Gasteiger partial charge in [0.1, 0.15) is 0 Å². The van der Waals surface area contributed by atoms with E-state index >= 15 is 0 Å². The lowest BCUT2D eigenvalue weighted by molar-refractivity contribution is 0.0421. The topological polar surface area (TPSA) is 32.3 Å². The molecule has 0 aliphatic carbocycles. The molecule has 0 aromatic carbocycles. The SMILES string of the molecule is CCCC(CC)NCC(C)(O)CCC(C)C. The van der Waals surface area contributed by atoms with Crippen LogP contribution in [0.25, 0.3) is 0 Å². The van der Waals surface area contributed by atoms with Crippen molar-refractivity contribution >= 4 is 0 Å². The van der Waals surface area contributed by atoms with E-state index in [0.29, 0.717) is 12.0 Å². The molecular formula is C14H31NO. The van der Waals surface area contributed by atoms with Crippen molar-refractivity contribution in [2.24, 2.45) is 5.92 Å². The summed E-state index contributed by atoms with van der Waals surface area (Å²) in [6, 6.07) is 0.565. The van der Waals surface area contributed by atoms with E-state index in [-0.39, 0.29) is 0 Å². The number of nitrogens with one attached hydrogen (secondary N) is 1. The Morgan fingerprint density at radius 2 is 1.81 bits per heavy atom. The molecule has 0 spiro atoms. The van der Waals surface area contributed by atoms with Gasteiger partial charge in [0.15, 0.2) is 0 Å². The van der Waals surface area contributed by atoms with E-state index in [4.69, 9.17) is 0 Å². The van der Waals surface area contributed by atoms with Gasteiger partial charge < -0.3 is 10.4 Å². The van der Waals surface area contributed by atoms with Crippen molar-refractivity contribution < 1.29 is 5.11 Å². The smallest absolute Gasteiger partial charge is 0.0743 e. The maximum atomic E-state index is 10.2. The van der Waals surface area contributed by atoms with Gasteiger partial charge in [0.25, 0.3) is 0 Å². The lowest BCUT2D eigenvalue weighted by Crippen LogP contribution is -2.42. The molecule has 0 rings (SSSR count). The predicted octanol–water partition coefficient (Wildman–Crippen LogP) is 3.34. The normalized spacial score (nSPS) is 17.4. The fourth-order valence-electron chi connectivity index (χ4n) is 1.85. The zero-order valence-corrected chi connectivity index (χ0v) is 11.8. The van der Waals surface area contributed by atoms with Crippen LogP contribution in [0.1, 0.15) is 66.7 Å². The van der Waals surface area contributed by atoms with Crippen LogP contribution in [0.5, 0.6) is 0 Å². The van der Waals surface area contributed by atoms with Crippen LogP contribution < -0.4 is 5.32 Å². The Bertz CT molecular complexity index is 166. The Labute approximate surface area is 102 Å². The summed E-state index contributed by atoms with van der Waals surface area (Å²) in [5, 5.41) is 13.7. The molecule has 0 aliphatic rings. The molecule has 0 radical (unpaired) electrons. The molecule has 0 amide bonds. The molecule has 2 heteroatoms. The molecule has 0 heterocycles. The van der Waals surface area contributed by atoms with Crippen LogP contribution in [0.2, 0.25) is 0 Å². The largest absolute Gasteiger partial charge is 0.389 e. The Balaban J connectivity index is 3.86. The first-order valence-electron chi connectivity index (χ1n) is 6.87. The Morgan fingerprint density at radius 3 is 2.25 bits per heavy atom. The third-order valence-corrected chi connectivity index (χ3v) is 3.16. The first-order valence-corrected chi connectivity index (χ1v) is 6.87. The minimum Gasteiger partial charge on any atom is -0.389 e. The summed E-state index contributed by atoms with van der Waals surface area (Å²) in [6.45, 7) is 11.5. The van der Waals surface area contributed by atoms with Crippen LogP contribution in [-0.2, 0) is 0 Å². The third-order valence-electron chi connectivity index (χ3n) is 3.16. The maximum Gasteiger partial charge on any atom is 0.0743 e. The Morgan fingerprint density at radius 1 is 1.19 bits per heavy atom. The molecule has 0 aromatic rings. The highest BCUT2D eigenvalue weighted by Gasteiger charge is 2.21. The van der Waals surface area contributed by atoms with Crippen molar-refractivity contribution in [3.8, 4) is 0 Å². The van der Waals surface area contributed by atoms with Crippen molar-refractivity contribution in [1.82, 2.24) is 5.32 Å². The lowest BCUT2D eigenvalue weighted by atomic mass is 9.94. The molecule has 0 aromatic heterocycles. The van der Waals surface area contributed by atoms with E-state index in [1.165, 1.54) is 12.8 Å². The fraction of sp³-hybridized carbons (Fsp3) is 1.00. The van der Waals surface area contributed by atoms with Gasteiger partial charge in [-0.25, -0.2) is 0 Å². The summed E-state index contributed by atoms with van der Waals surface area (Å²) >= 11 is 0. The molecule has 2 N–H and O–H groups in total. The molecule has 2 atom stereocenters. The third kappa shape index (κ3) is 8.12. The van der Waals surface area contributed by atoms with Gasteiger partial charge in [-0.05, 0) is 38.5 Å². The summed E-state index contributed by atoms with van der Waals surface area (Å²) in [6.07, 6.45) is 5.55. The standard InChI is InChI=1S/C14H31NO/c1-6-8-13(7-2)15-11-14(5,16)10-9-12(3)4/h12-13,15-16H,6-11H2,1-5H3. The number of aliphatic hydroxyl groups is 1. The second-order valence-corrected chi connectivity index (χ2v) is 5.70. The minimum atomic E-state index is -0.550. The summed E-state index contributed by atoms with van der Waals surface area (Å²) in [5.74, 6) is 0.670. The Hall–Kier alpha value is -0.0800. The molecule has 0 bridgehead atoms. The fourth-order valence-corrected chi connectivity index (χ4v) is 1.85. The highest BCUT2D eigenvalue weighted by molar-refractivity contribution is 4.78.